The largest absolute Gasteiger partial charge is 0.497 e. The Morgan fingerprint density at radius 2 is 1.90 bits per heavy atom. The zero-order valence-electron chi connectivity index (χ0n) is 17.3. The molecular formula is C23H26N4O3. The van der Waals surface area contributed by atoms with Gasteiger partial charge >= 0.3 is 0 Å². The molecule has 7 heteroatoms. The molecule has 1 fully saturated rings. The summed E-state index contributed by atoms with van der Waals surface area (Å²) in [5, 5.41) is 7.13. The SMILES string of the molecule is COc1ccc(-c2noc(C3CCN(CC(=O)Nc4ccccc4C)CC3)n2)cc1. The van der Waals surface area contributed by atoms with Crippen LogP contribution in [0.1, 0.15) is 30.2 Å². The molecule has 7 nitrogen and oxygen atoms in total. The second kappa shape index (κ2) is 9.09. The Morgan fingerprint density at radius 1 is 1.17 bits per heavy atom. The van der Waals surface area contributed by atoms with Crippen molar-refractivity contribution in [2.24, 2.45) is 0 Å². The average molecular weight is 406 g/mol. The Kier molecular flexibility index (Phi) is 6.09. The molecule has 1 N–H and O–H groups in total. The lowest BCUT2D eigenvalue weighted by atomic mass is 9.97. The van der Waals surface area contributed by atoms with Crippen LogP contribution < -0.4 is 10.1 Å². The number of aromatic nitrogens is 2. The average Bonchev–Trinajstić information content (AvgIpc) is 3.26. The number of ether oxygens (including phenoxy) is 1. The molecular weight excluding hydrogens is 380 g/mol. The number of nitrogens with zero attached hydrogens (tertiary/aromatic N) is 3. The van der Waals surface area contributed by atoms with Crippen LogP contribution in [0, 0.1) is 6.92 Å². The minimum Gasteiger partial charge on any atom is -0.497 e. The number of aryl methyl sites for hydroxylation is 1. The summed E-state index contributed by atoms with van der Waals surface area (Å²) in [6.45, 7) is 4.03. The molecule has 2 aromatic carbocycles. The van der Waals surface area contributed by atoms with Crippen LogP contribution in [0.25, 0.3) is 11.4 Å². The molecule has 3 aromatic rings. The Bertz CT molecular complexity index is 992. The number of anilines is 1. The molecule has 4 rings (SSSR count). The molecule has 0 aliphatic carbocycles. The monoisotopic (exact) mass is 406 g/mol. The number of rotatable bonds is 6. The van der Waals surface area contributed by atoms with E-state index in [1.54, 1.807) is 7.11 Å². The highest BCUT2D eigenvalue weighted by molar-refractivity contribution is 5.92. The Morgan fingerprint density at radius 3 is 2.60 bits per heavy atom. The standard InChI is InChI=1S/C23H26N4O3/c1-16-5-3-4-6-20(16)24-21(28)15-27-13-11-18(12-14-27)23-25-22(26-30-23)17-7-9-19(29-2)10-8-17/h3-10,18H,11-15H2,1-2H3,(H,24,28). The van der Waals surface area contributed by atoms with Crippen LogP contribution in [-0.4, -0.2) is 47.7 Å². The van der Waals surface area contributed by atoms with Crippen molar-refractivity contribution in [3.05, 3.63) is 60.0 Å². The number of likely N-dealkylation sites (tertiary alicyclic amines) is 1. The molecule has 1 amide bonds. The maximum Gasteiger partial charge on any atom is 0.238 e. The van der Waals surface area contributed by atoms with Gasteiger partial charge in [-0.25, -0.2) is 0 Å². The third kappa shape index (κ3) is 4.68. The van der Waals surface area contributed by atoms with Gasteiger partial charge in [-0.1, -0.05) is 23.4 Å². The first kappa shape index (κ1) is 20.1. The number of benzene rings is 2. The van der Waals surface area contributed by atoms with Crippen LogP contribution in [0.3, 0.4) is 0 Å². The van der Waals surface area contributed by atoms with E-state index in [9.17, 15) is 4.79 Å². The van der Waals surface area contributed by atoms with Gasteiger partial charge in [0.1, 0.15) is 5.75 Å². The minimum absolute atomic E-state index is 0.0160. The Hall–Kier alpha value is -3.19. The second-order valence-corrected chi connectivity index (χ2v) is 7.60. The predicted molar refractivity (Wildman–Crippen MR) is 115 cm³/mol. The maximum absolute atomic E-state index is 12.4. The van der Waals surface area contributed by atoms with E-state index in [-0.39, 0.29) is 11.8 Å². The maximum atomic E-state index is 12.4. The highest BCUT2D eigenvalue weighted by Crippen LogP contribution is 2.29. The molecule has 0 spiro atoms. The molecule has 0 bridgehead atoms. The lowest BCUT2D eigenvalue weighted by Gasteiger charge is -2.29. The van der Waals surface area contributed by atoms with Gasteiger partial charge in [-0.15, -0.1) is 0 Å². The first-order valence-electron chi connectivity index (χ1n) is 10.2. The van der Waals surface area contributed by atoms with Crippen LogP contribution in [0.5, 0.6) is 5.75 Å². The number of para-hydroxylation sites is 1. The Balaban J connectivity index is 1.30. The third-order valence-corrected chi connectivity index (χ3v) is 5.51. The summed E-state index contributed by atoms with van der Waals surface area (Å²) in [6, 6.07) is 15.4. The summed E-state index contributed by atoms with van der Waals surface area (Å²) < 4.78 is 10.7. The van der Waals surface area contributed by atoms with Crippen LogP contribution >= 0.6 is 0 Å². The summed E-state index contributed by atoms with van der Waals surface area (Å²) in [7, 11) is 1.64. The predicted octanol–water partition coefficient (Wildman–Crippen LogP) is 3.87. The molecule has 1 aliphatic rings. The van der Waals surface area contributed by atoms with E-state index in [1.807, 2.05) is 55.5 Å². The zero-order valence-corrected chi connectivity index (χ0v) is 17.3. The Labute approximate surface area is 176 Å². The van der Waals surface area contributed by atoms with Crippen LogP contribution in [-0.2, 0) is 4.79 Å². The van der Waals surface area contributed by atoms with Gasteiger partial charge in [0.2, 0.25) is 17.6 Å². The molecule has 0 atom stereocenters. The number of piperidine rings is 1. The van der Waals surface area contributed by atoms with Gasteiger partial charge in [0.05, 0.1) is 13.7 Å². The molecule has 0 radical (unpaired) electrons. The second-order valence-electron chi connectivity index (χ2n) is 7.60. The fraction of sp³-hybridized carbons (Fsp3) is 0.348. The van der Waals surface area contributed by atoms with Crippen molar-refractivity contribution in [2.75, 3.05) is 32.1 Å². The minimum atomic E-state index is 0.0160. The van der Waals surface area contributed by atoms with E-state index >= 15 is 0 Å². The number of carbonyl (C=O) groups excluding carboxylic acids is 1. The summed E-state index contributed by atoms with van der Waals surface area (Å²) in [4.78, 5) is 19.2. The first-order chi connectivity index (χ1) is 14.6. The van der Waals surface area contributed by atoms with Crippen molar-refractivity contribution in [1.82, 2.24) is 15.0 Å². The highest BCUT2D eigenvalue weighted by atomic mass is 16.5. The summed E-state index contributed by atoms with van der Waals surface area (Å²) in [5.74, 6) is 2.29. The normalized spacial score (nSPS) is 15.1. The number of hydrogen-bond acceptors (Lipinski definition) is 6. The fourth-order valence-electron chi connectivity index (χ4n) is 3.70. The molecule has 1 saturated heterocycles. The molecule has 1 aliphatic heterocycles. The van der Waals surface area contributed by atoms with E-state index in [0.717, 1.165) is 48.5 Å². The number of amides is 1. The molecule has 1 aromatic heterocycles. The van der Waals surface area contributed by atoms with Gasteiger partial charge in [-0.05, 0) is 68.8 Å². The van der Waals surface area contributed by atoms with E-state index in [1.165, 1.54) is 0 Å². The van der Waals surface area contributed by atoms with Crippen LogP contribution in [0.15, 0.2) is 53.1 Å². The van der Waals surface area contributed by atoms with Gasteiger partial charge < -0.3 is 14.6 Å². The third-order valence-electron chi connectivity index (χ3n) is 5.51. The number of carbonyl (C=O) groups is 1. The molecule has 156 valence electrons. The molecule has 2 heterocycles. The van der Waals surface area contributed by atoms with Gasteiger partial charge in [0, 0.05) is 17.2 Å². The molecule has 0 saturated carbocycles. The number of hydrogen-bond donors (Lipinski definition) is 1. The number of nitrogens with one attached hydrogen (secondary N) is 1. The highest BCUT2D eigenvalue weighted by Gasteiger charge is 2.26. The quantitative estimate of drug-likeness (QED) is 0.669. The summed E-state index contributed by atoms with van der Waals surface area (Å²) in [5.41, 5.74) is 2.83. The van der Waals surface area contributed by atoms with Gasteiger partial charge in [-0.2, -0.15) is 4.98 Å². The summed E-state index contributed by atoms with van der Waals surface area (Å²) >= 11 is 0. The summed E-state index contributed by atoms with van der Waals surface area (Å²) in [6.07, 6.45) is 1.78. The van der Waals surface area contributed by atoms with Gasteiger partial charge in [0.15, 0.2) is 0 Å². The van der Waals surface area contributed by atoms with Crippen molar-refractivity contribution in [3.8, 4) is 17.1 Å². The van der Waals surface area contributed by atoms with E-state index in [4.69, 9.17) is 9.26 Å². The topological polar surface area (TPSA) is 80.5 Å². The van der Waals surface area contributed by atoms with Crippen molar-refractivity contribution in [1.29, 1.82) is 0 Å². The lowest BCUT2D eigenvalue weighted by Crippen LogP contribution is -2.38. The van der Waals surface area contributed by atoms with Crippen molar-refractivity contribution >= 4 is 11.6 Å². The van der Waals surface area contributed by atoms with Crippen LogP contribution in [0.2, 0.25) is 0 Å². The molecule has 0 unspecified atom stereocenters. The number of methoxy groups -OCH3 is 1. The van der Waals surface area contributed by atoms with Crippen molar-refractivity contribution in [3.63, 3.8) is 0 Å². The van der Waals surface area contributed by atoms with Crippen molar-refractivity contribution < 1.29 is 14.1 Å². The van der Waals surface area contributed by atoms with E-state index in [2.05, 4.69) is 20.4 Å². The van der Waals surface area contributed by atoms with Crippen LogP contribution in [0.4, 0.5) is 5.69 Å². The van der Waals surface area contributed by atoms with Gasteiger partial charge in [-0.3, -0.25) is 9.69 Å². The first-order valence-corrected chi connectivity index (χ1v) is 10.2. The fourth-order valence-corrected chi connectivity index (χ4v) is 3.70. The van der Waals surface area contributed by atoms with E-state index < -0.39 is 0 Å². The van der Waals surface area contributed by atoms with Gasteiger partial charge in [0.25, 0.3) is 0 Å². The van der Waals surface area contributed by atoms with Crippen molar-refractivity contribution in [2.45, 2.75) is 25.7 Å². The molecule has 30 heavy (non-hydrogen) atoms. The zero-order chi connectivity index (χ0) is 20.9. The van der Waals surface area contributed by atoms with E-state index in [0.29, 0.717) is 18.3 Å². The smallest absolute Gasteiger partial charge is 0.238 e. The lowest BCUT2D eigenvalue weighted by molar-refractivity contribution is -0.117.